The number of carbonyl (C=O) groups excluding carboxylic acids is 2. The Hall–Kier alpha value is -3.39. The SMILES string of the molecule is COc1cccc(CN(C)C(=O)/C=C/c2cnc(NC=O)c(CNC(C)(C)C)c2)c1OCC(C)C. The van der Waals surface area contributed by atoms with Crippen LogP contribution in [-0.4, -0.2) is 48.5 Å². The molecule has 2 N–H and O–H groups in total. The van der Waals surface area contributed by atoms with E-state index < -0.39 is 0 Å². The summed E-state index contributed by atoms with van der Waals surface area (Å²) in [5.74, 6) is 1.99. The average molecular weight is 483 g/mol. The summed E-state index contributed by atoms with van der Waals surface area (Å²) < 4.78 is 11.5. The summed E-state index contributed by atoms with van der Waals surface area (Å²) in [4.78, 5) is 29.7. The third-order valence-electron chi connectivity index (χ3n) is 5.04. The molecule has 2 amide bonds. The zero-order chi connectivity index (χ0) is 26.0. The Morgan fingerprint density at radius 2 is 1.97 bits per heavy atom. The van der Waals surface area contributed by atoms with Crippen molar-refractivity contribution >= 4 is 24.2 Å². The van der Waals surface area contributed by atoms with Crippen molar-refractivity contribution < 1.29 is 19.1 Å². The Bertz CT molecular complexity index is 1030. The first-order valence-corrected chi connectivity index (χ1v) is 11.7. The Morgan fingerprint density at radius 3 is 2.60 bits per heavy atom. The molecule has 0 unspecified atom stereocenters. The number of methoxy groups -OCH3 is 1. The molecule has 2 aromatic rings. The molecule has 0 aliphatic carbocycles. The molecule has 0 saturated heterocycles. The number of aromatic nitrogens is 1. The fraction of sp³-hybridized carbons (Fsp3) is 0.444. The monoisotopic (exact) mass is 482 g/mol. The molecule has 0 aliphatic heterocycles. The van der Waals surface area contributed by atoms with Crippen molar-refractivity contribution in [2.45, 2.75) is 53.2 Å². The quantitative estimate of drug-likeness (QED) is 0.347. The lowest BCUT2D eigenvalue weighted by atomic mass is 10.1. The number of nitrogens with one attached hydrogen (secondary N) is 2. The van der Waals surface area contributed by atoms with Crippen LogP contribution in [0.15, 0.2) is 36.5 Å². The first-order valence-electron chi connectivity index (χ1n) is 11.7. The predicted octanol–water partition coefficient (Wildman–Crippen LogP) is 4.25. The van der Waals surface area contributed by atoms with Crippen LogP contribution in [0.2, 0.25) is 0 Å². The molecule has 0 saturated carbocycles. The van der Waals surface area contributed by atoms with Crippen LogP contribution in [0, 0.1) is 5.92 Å². The number of benzene rings is 1. The normalized spacial score (nSPS) is 11.5. The summed E-state index contributed by atoms with van der Waals surface area (Å²) in [6, 6.07) is 7.57. The van der Waals surface area contributed by atoms with Gasteiger partial charge in [-0.15, -0.1) is 0 Å². The van der Waals surface area contributed by atoms with E-state index in [2.05, 4.69) is 50.2 Å². The van der Waals surface area contributed by atoms with Gasteiger partial charge in [-0.3, -0.25) is 9.59 Å². The number of amides is 2. The molecule has 8 nitrogen and oxygen atoms in total. The van der Waals surface area contributed by atoms with Gasteiger partial charge in [-0.2, -0.15) is 0 Å². The minimum absolute atomic E-state index is 0.0964. The highest BCUT2D eigenvalue weighted by molar-refractivity contribution is 5.91. The first kappa shape index (κ1) is 27.9. The van der Waals surface area contributed by atoms with Crippen molar-refractivity contribution in [2.75, 3.05) is 26.1 Å². The third kappa shape index (κ3) is 9.05. The highest BCUT2D eigenvalue weighted by Gasteiger charge is 2.15. The summed E-state index contributed by atoms with van der Waals surface area (Å²) >= 11 is 0. The van der Waals surface area contributed by atoms with E-state index in [4.69, 9.17) is 9.47 Å². The van der Waals surface area contributed by atoms with Crippen LogP contribution in [0.3, 0.4) is 0 Å². The van der Waals surface area contributed by atoms with Gasteiger partial charge < -0.3 is 25.0 Å². The van der Waals surface area contributed by atoms with E-state index >= 15 is 0 Å². The van der Waals surface area contributed by atoms with Crippen molar-refractivity contribution in [3.63, 3.8) is 0 Å². The smallest absolute Gasteiger partial charge is 0.246 e. The molecule has 35 heavy (non-hydrogen) atoms. The minimum atomic E-state index is -0.160. The molecule has 8 heteroatoms. The molecule has 0 spiro atoms. The van der Waals surface area contributed by atoms with Crippen molar-refractivity contribution in [3.05, 3.63) is 53.2 Å². The maximum absolute atomic E-state index is 12.8. The lowest BCUT2D eigenvalue weighted by Gasteiger charge is -2.21. The summed E-state index contributed by atoms with van der Waals surface area (Å²) in [7, 11) is 3.35. The van der Waals surface area contributed by atoms with E-state index in [1.165, 1.54) is 6.08 Å². The van der Waals surface area contributed by atoms with Gasteiger partial charge in [0.15, 0.2) is 11.5 Å². The number of hydrogen-bond donors (Lipinski definition) is 2. The van der Waals surface area contributed by atoms with E-state index in [1.54, 1.807) is 31.3 Å². The van der Waals surface area contributed by atoms with Gasteiger partial charge in [0.1, 0.15) is 5.82 Å². The molecule has 1 aromatic carbocycles. The molecular weight excluding hydrogens is 444 g/mol. The number of likely N-dealkylation sites (N-methyl/N-ethyl adjacent to an activating group) is 1. The topological polar surface area (TPSA) is 92.8 Å². The van der Waals surface area contributed by atoms with Gasteiger partial charge in [0.25, 0.3) is 0 Å². The van der Waals surface area contributed by atoms with Gasteiger partial charge in [-0.1, -0.05) is 26.0 Å². The van der Waals surface area contributed by atoms with Crippen LogP contribution in [-0.2, 0) is 22.7 Å². The van der Waals surface area contributed by atoms with Crippen LogP contribution in [0.4, 0.5) is 5.82 Å². The molecule has 2 rings (SSSR count). The predicted molar refractivity (Wildman–Crippen MR) is 139 cm³/mol. The number of carbonyl (C=O) groups is 2. The summed E-state index contributed by atoms with van der Waals surface area (Å²) in [6.07, 6.45) is 5.46. The fourth-order valence-electron chi connectivity index (χ4n) is 3.19. The van der Waals surface area contributed by atoms with Crippen LogP contribution in [0.1, 0.15) is 51.3 Å². The maximum atomic E-state index is 12.8. The average Bonchev–Trinajstić information content (AvgIpc) is 2.80. The van der Waals surface area contributed by atoms with E-state index in [1.807, 2.05) is 24.3 Å². The molecule has 190 valence electrons. The zero-order valence-electron chi connectivity index (χ0n) is 21.8. The largest absolute Gasteiger partial charge is 0.493 e. The molecule has 0 fully saturated rings. The van der Waals surface area contributed by atoms with Gasteiger partial charge in [0.05, 0.1) is 13.7 Å². The second-order valence-corrected chi connectivity index (χ2v) is 9.82. The molecule has 0 atom stereocenters. The molecule has 1 heterocycles. The van der Waals surface area contributed by atoms with E-state index in [9.17, 15) is 9.59 Å². The minimum Gasteiger partial charge on any atom is -0.493 e. The lowest BCUT2D eigenvalue weighted by molar-refractivity contribution is -0.125. The fourth-order valence-corrected chi connectivity index (χ4v) is 3.19. The number of para-hydroxylation sites is 1. The van der Waals surface area contributed by atoms with Crippen LogP contribution >= 0.6 is 0 Å². The number of nitrogens with zero attached hydrogens (tertiary/aromatic N) is 2. The van der Waals surface area contributed by atoms with Gasteiger partial charge in [0.2, 0.25) is 12.3 Å². The van der Waals surface area contributed by atoms with E-state index in [0.29, 0.717) is 49.3 Å². The Labute approximate surface area is 208 Å². The Balaban J connectivity index is 2.16. The number of ether oxygens (including phenoxy) is 2. The molecule has 1 aromatic heterocycles. The lowest BCUT2D eigenvalue weighted by Crippen LogP contribution is -2.35. The highest BCUT2D eigenvalue weighted by atomic mass is 16.5. The molecule has 0 radical (unpaired) electrons. The Morgan fingerprint density at radius 1 is 1.23 bits per heavy atom. The second-order valence-electron chi connectivity index (χ2n) is 9.82. The van der Waals surface area contributed by atoms with Crippen LogP contribution in [0.25, 0.3) is 6.08 Å². The van der Waals surface area contributed by atoms with Crippen molar-refractivity contribution in [2.24, 2.45) is 5.92 Å². The van der Waals surface area contributed by atoms with E-state index in [-0.39, 0.29) is 11.4 Å². The summed E-state index contributed by atoms with van der Waals surface area (Å²) in [5, 5.41) is 6.02. The van der Waals surface area contributed by atoms with Gasteiger partial charge in [-0.25, -0.2) is 4.98 Å². The molecule has 0 aliphatic rings. The highest BCUT2D eigenvalue weighted by Crippen LogP contribution is 2.32. The van der Waals surface area contributed by atoms with E-state index in [0.717, 1.165) is 16.7 Å². The molecular formula is C27H38N4O4. The van der Waals surface area contributed by atoms with Gasteiger partial charge >= 0.3 is 0 Å². The number of pyridine rings is 1. The first-order chi connectivity index (χ1) is 16.5. The standard InChI is InChI=1S/C27H38N4O4/c1-19(2)17-35-25-21(9-8-10-23(25)34-7)16-31(6)24(33)12-11-20-13-22(15-30-27(3,4)5)26(28-14-20)29-18-32/h8-14,18-19,30H,15-17H2,1-7H3,(H,28,29,32)/b12-11+. The summed E-state index contributed by atoms with van der Waals surface area (Å²) in [5.41, 5.74) is 2.37. The second kappa shape index (κ2) is 12.9. The zero-order valence-corrected chi connectivity index (χ0v) is 21.8. The Kier molecular flexibility index (Phi) is 10.3. The van der Waals surface area contributed by atoms with Crippen LogP contribution < -0.4 is 20.1 Å². The summed E-state index contributed by atoms with van der Waals surface area (Å²) in [6.45, 7) is 11.8. The number of anilines is 1. The van der Waals surface area contributed by atoms with Crippen molar-refractivity contribution in [1.29, 1.82) is 0 Å². The number of rotatable bonds is 12. The van der Waals surface area contributed by atoms with Gasteiger partial charge in [0, 0.05) is 49.1 Å². The number of hydrogen-bond acceptors (Lipinski definition) is 6. The van der Waals surface area contributed by atoms with Gasteiger partial charge in [-0.05, 0) is 50.5 Å². The van der Waals surface area contributed by atoms with Crippen LogP contribution in [0.5, 0.6) is 11.5 Å². The third-order valence-corrected chi connectivity index (χ3v) is 5.04. The van der Waals surface area contributed by atoms with Crippen molar-refractivity contribution in [3.8, 4) is 11.5 Å². The maximum Gasteiger partial charge on any atom is 0.246 e. The van der Waals surface area contributed by atoms with Crippen molar-refractivity contribution in [1.82, 2.24) is 15.2 Å². The molecule has 0 bridgehead atoms.